The molecule has 0 bridgehead atoms. The lowest BCUT2D eigenvalue weighted by molar-refractivity contribution is 0.102. The van der Waals surface area contributed by atoms with Gasteiger partial charge in [0, 0.05) is 10.6 Å². The number of nitrogens with one attached hydrogen (secondary N) is 1. The highest BCUT2D eigenvalue weighted by Crippen LogP contribution is 2.37. The molecule has 140 valence electrons. The number of benzene rings is 2. The number of thioether (sulfide) groups is 1. The maximum Gasteiger partial charge on any atom is 0.259 e. The fourth-order valence-electron chi connectivity index (χ4n) is 3.47. The van der Waals surface area contributed by atoms with Crippen LogP contribution in [0.25, 0.3) is 0 Å². The summed E-state index contributed by atoms with van der Waals surface area (Å²) in [6.45, 7) is 11.0. The van der Waals surface area contributed by atoms with Crippen LogP contribution in [-0.2, 0) is 5.41 Å². The second kappa shape index (κ2) is 7.75. The fourth-order valence-corrected chi connectivity index (χ4v) is 3.93. The number of amides is 1. The summed E-state index contributed by atoms with van der Waals surface area (Å²) in [5, 5.41) is 13.1. The molecule has 0 heterocycles. The van der Waals surface area contributed by atoms with E-state index in [-0.39, 0.29) is 22.5 Å². The molecule has 2 N–H and O–H groups in total. The van der Waals surface area contributed by atoms with E-state index in [1.165, 1.54) is 0 Å². The monoisotopic (exact) mass is 371 g/mol. The minimum Gasteiger partial charge on any atom is -0.507 e. The van der Waals surface area contributed by atoms with Crippen LogP contribution in [0.15, 0.2) is 47.4 Å². The van der Waals surface area contributed by atoms with E-state index in [0.29, 0.717) is 5.56 Å². The summed E-state index contributed by atoms with van der Waals surface area (Å²) in [7, 11) is 0. The molecule has 0 atom stereocenters. The first-order valence-electron chi connectivity index (χ1n) is 8.81. The number of phenols is 1. The van der Waals surface area contributed by atoms with Gasteiger partial charge in [-0.3, -0.25) is 4.79 Å². The van der Waals surface area contributed by atoms with Gasteiger partial charge in [0.05, 0.1) is 5.56 Å². The van der Waals surface area contributed by atoms with Crippen molar-refractivity contribution in [2.24, 2.45) is 5.41 Å². The van der Waals surface area contributed by atoms with Crippen molar-refractivity contribution < 1.29 is 9.90 Å². The highest BCUT2D eigenvalue weighted by Gasteiger charge is 2.28. The highest BCUT2D eigenvalue weighted by molar-refractivity contribution is 7.98. The third-order valence-electron chi connectivity index (χ3n) is 4.32. The van der Waals surface area contributed by atoms with Crippen molar-refractivity contribution in [1.29, 1.82) is 0 Å². The SMILES string of the molecule is CSc1cccc(NC(=O)c2cc(C(C)(C)CC(C)(C)C)ccc2O)c1. The maximum absolute atomic E-state index is 12.7. The van der Waals surface area contributed by atoms with Crippen LogP contribution in [0, 0.1) is 5.41 Å². The average molecular weight is 372 g/mol. The number of hydrogen-bond acceptors (Lipinski definition) is 3. The molecule has 0 aliphatic heterocycles. The predicted octanol–water partition coefficient (Wildman–Crippen LogP) is 6.08. The summed E-state index contributed by atoms with van der Waals surface area (Å²) < 4.78 is 0. The largest absolute Gasteiger partial charge is 0.507 e. The van der Waals surface area contributed by atoms with Crippen molar-refractivity contribution in [3.05, 3.63) is 53.6 Å². The van der Waals surface area contributed by atoms with E-state index in [1.807, 2.05) is 42.7 Å². The minimum absolute atomic E-state index is 0.00108. The second-order valence-electron chi connectivity index (χ2n) is 8.54. The summed E-state index contributed by atoms with van der Waals surface area (Å²) in [6, 6.07) is 13.0. The van der Waals surface area contributed by atoms with Crippen LogP contribution in [0.4, 0.5) is 5.69 Å². The van der Waals surface area contributed by atoms with Crippen molar-refractivity contribution in [3.8, 4) is 5.75 Å². The van der Waals surface area contributed by atoms with Crippen molar-refractivity contribution in [2.45, 2.75) is 51.3 Å². The Balaban J connectivity index is 2.30. The summed E-state index contributed by atoms with van der Waals surface area (Å²) in [4.78, 5) is 13.8. The molecule has 2 aromatic rings. The standard InChI is InChI=1S/C22H29NO2S/c1-21(2,3)14-22(4,5)15-10-11-19(24)18(12-15)20(25)23-16-8-7-9-17(13-16)26-6/h7-13,24H,14H2,1-6H3,(H,23,25). The molecular weight excluding hydrogens is 342 g/mol. The maximum atomic E-state index is 12.7. The van der Waals surface area contributed by atoms with Gasteiger partial charge in [-0.05, 0) is 59.4 Å². The van der Waals surface area contributed by atoms with E-state index < -0.39 is 0 Å². The Morgan fingerprint density at radius 1 is 1.08 bits per heavy atom. The third kappa shape index (κ3) is 5.28. The van der Waals surface area contributed by atoms with Gasteiger partial charge in [-0.1, -0.05) is 46.8 Å². The molecule has 0 aliphatic carbocycles. The topological polar surface area (TPSA) is 49.3 Å². The summed E-state index contributed by atoms with van der Waals surface area (Å²) in [5.74, 6) is -0.298. The molecule has 2 rings (SSSR count). The van der Waals surface area contributed by atoms with Gasteiger partial charge in [-0.2, -0.15) is 0 Å². The molecule has 0 aliphatic rings. The molecular formula is C22H29NO2S. The van der Waals surface area contributed by atoms with Gasteiger partial charge < -0.3 is 10.4 Å². The van der Waals surface area contributed by atoms with E-state index in [1.54, 1.807) is 17.8 Å². The zero-order chi connectivity index (χ0) is 19.5. The third-order valence-corrected chi connectivity index (χ3v) is 5.05. The lowest BCUT2D eigenvalue weighted by atomic mass is 9.72. The molecule has 1 amide bonds. The van der Waals surface area contributed by atoms with Crippen LogP contribution in [0.5, 0.6) is 5.75 Å². The number of carbonyl (C=O) groups excluding carboxylic acids is 1. The van der Waals surface area contributed by atoms with Gasteiger partial charge in [-0.25, -0.2) is 0 Å². The quantitative estimate of drug-likeness (QED) is 0.626. The number of anilines is 1. The second-order valence-corrected chi connectivity index (χ2v) is 9.42. The Labute approximate surface area is 161 Å². The highest BCUT2D eigenvalue weighted by atomic mass is 32.2. The van der Waals surface area contributed by atoms with Crippen LogP contribution < -0.4 is 5.32 Å². The molecule has 0 aromatic heterocycles. The zero-order valence-corrected chi connectivity index (χ0v) is 17.3. The van der Waals surface area contributed by atoms with Gasteiger partial charge in [0.2, 0.25) is 0 Å². The normalized spacial score (nSPS) is 12.1. The number of phenolic OH excluding ortho intramolecular Hbond substituents is 1. The van der Waals surface area contributed by atoms with Gasteiger partial charge in [0.15, 0.2) is 0 Å². The van der Waals surface area contributed by atoms with Crippen molar-refractivity contribution in [1.82, 2.24) is 0 Å². The van der Waals surface area contributed by atoms with E-state index in [9.17, 15) is 9.90 Å². The van der Waals surface area contributed by atoms with Crippen molar-refractivity contribution in [2.75, 3.05) is 11.6 Å². The van der Waals surface area contributed by atoms with Crippen LogP contribution in [0.1, 0.15) is 57.0 Å². The lowest BCUT2D eigenvalue weighted by Crippen LogP contribution is -2.25. The summed E-state index contributed by atoms with van der Waals surface area (Å²) >= 11 is 1.62. The molecule has 0 fully saturated rings. The van der Waals surface area contributed by atoms with Crippen LogP contribution in [0.3, 0.4) is 0 Å². The van der Waals surface area contributed by atoms with Gasteiger partial charge in [0.1, 0.15) is 5.75 Å². The van der Waals surface area contributed by atoms with Gasteiger partial charge >= 0.3 is 0 Å². The Hall–Kier alpha value is -1.94. The van der Waals surface area contributed by atoms with Crippen LogP contribution in [-0.4, -0.2) is 17.3 Å². The predicted molar refractivity (Wildman–Crippen MR) is 111 cm³/mol. The fraction of sp³-hybridized carbons (Fsp3) is 0.409. The van der Waals surface area contributed by atoms with Crippen LogP contribution in [0.2, 0.25) is 0 Å². The number of aromatic hydroxyl groups is 1. The molecule has 0 spiro atoms. The molecule has 4 heteroatoms. The van der Waals surface area contributed by atoms with Gasteiger partial charge in [-0.15, -0.1) is 11.8 Å². The first-order chi connectivity index (χ1) is 12.0. The Morgan fingerprint density at radius 3 is 2.38 bits per heavy atom. The van der Waals surface area contributed by atoms with Crippen molar-refractivity contribution >= 4 is 23.4 Å². The molecule has 0 unspecified atom stereocenters. The van der Waals surface area contributed by atoms with E-state index in [4.69, 9.17) is 0 Å². The molecule has 0 radical (unpaired) electrons. The molecule has 26 heavy (non-hydrogen) atoms. The van der Waals surface area contributed by atoms with E-state index in [2.05, 4.69) is 39.9 Å². The number of rotatable bonds is 5. The average Bonchev–Trinajstić information content (AvgIpc) is 2.52. The van der Waals surface area contributed by atoms with Gasteiger partial charge in [0.25, 0.3) is 5.91 Å². The Bertz CT molecular complexity index is 791. The number of hydrogen-bond donors (Lipinski definition) is 2. The minimum atomic E-state index is -0.297. The van der Waals surface area contributed by atoms with E-state index >= 15 is 0 Å². The molecule has 3 nitrogen and oxygen atoms in total. The van der Waals surface area contributed by atoms with E-state index in [0.717, 1.165) is 22.6 Å². The molecule has 0 saturated carbocycles. The summed E-state index contributed by atoms with van der Waals surface area (Å²) in [5.41, 5.74) is 2.15. The Kier molecular flexibility index (Phi) is 6.07. The Morgan fingerprint density at radius 2 is 1.77 bits per heavy atom. The lowest BCUT2D eigenvalue weighted by Gasteiger charge is -2.33. The van der Waals surface area contributed by atoms with Crippen LogP contribution >= 0.6 is 11.8 Å². The number of carbonyl (C=O) groups is 1. The van der Waals surface area contributed by atoms with Crippen molar-refractivity contribution in [3.63, 3.8) is 0 Å². The summed E-state index contributed by atoms with van der Waals surface area (Å²) in [6.07, 6.45) is 2.97. The zero-order valence-electron chi connectivity index (χ0n) is 16.5. The molecule has 0 saturated heterocycles. The first-order valence-corrected chi connectivity index (χ1v) is 10.0. The smallest absolute Gasteiger partial charge is 0.259 e. The first kappa shape index (κ1) is 20.4. The molecule has 2 aromatic carbocycles.